The molecule has 0 amide bonds. The summed E-state index contributed by atoms with van der Waals surface area (Å²) in [5, 5.41) is 0.867. The largest absolute Gasteiger partial charge is 0.426 e. The number of rotatable bonds is 6. The van der Waals surface area contributed by atoms with Crippen LogP contribution in [0.25, 0.3) is 23.1 Å². The van der Waals surface area contributed by atoms with Crippen LogP contribution in [0.1, 0.15) is 30.7 Å². The van der Waals surface area contributed by atoms with Crippen molar-refractivity contribution in [3.05, 3.63) is 78.0 Å². The van der Waals surface area contributed by atoms with Gasteiger partial charge < -0.3 is 9.47 Å². The van der Waals surface area contributed by atoms with Crippen molar-refractivity contribution in [3.8, 4) is 11.5 Å². The number of allylic oxidation sites excluding steroid dienone is 1. The third kappa shape index (κ3) is 4.96. The normalized spacial score (nSPS) is 10.8. The molecule has 0 radical (unpaired) electrons. The topological polar surface area (TPSA) is 65.5 Å². The number of hydrogen-bond donors (Lipinski definition) is 0. The van der Waals surface area contributed by atoms with E-state index in [1.54, 1.807) is 18.2 Å². The smallest absolute Gasteiger partial charge is 0.308 e. The number of esters is 2. The Morgan fingerprint density at radius 1 is 0.966 bits per heavy atom. The summed E-state index contributed by atoms with van der Waals surface area (Å²) in [6.45, 7) is 6.49. The van der Waals surface area contributed by atoms with E-state index in [0.717, 1.165) is 16.5 Å². The molecule has 0 unspecified atom stereocenters. The van der Waals surface area contributed by atoms with E-state index in [9.17, 15) is 9.59 Å². The van der Waals surface area contributed by atoms with E-state index in [1.807, 2.05) is 48.6 Å². The number of nitrogens with zero attached hydrogens (tertiary/aromatic N) is 1. The Labute approximate surface area is 169 Å². The molecule has 0 N–H and O–H groups in total. The van der Waals surface area contributed by atoms with Crippen LogP contribution in [-0.2, 0) is 16.0 Å². The van der Waals surface area contributed by atoms with Crippen molar-refractivity contribution in [2.75, 3.05) is 0 Å². The van der Waals surface area contributed by atoms with Crippen molar-refractivity contribution >= 4 is 35.0 Å². The second-order valence-corrected chi connectivity index (χ2v) is 6.41. The Bertz CT molecular complexity index is 1120. The molecular formula is C24H21NO4. The number of fused-ring (bicyclic) bond motifs is 1. The lowest BCUT2D eigenvalue weighted by molar-refractivity contribution is -0.132. The molecule has 0 aliphatic rings. The number of carbonyl (C=O) groups is 2. The van der Waals surface area contributed by atoms with Gasteiger partial charge in [-0.3, -0.25) is 9.59 Å². The summed E-state index contributed by atoms with van der Waals surface area (Å²) in [6.07, 6.45) is 5.96. The van der Waals surface area contributed by atoms with Gasteiger partial charge in [-0.25, -0.2) is 4.98 Å². The van der Waals surface area contributed by atoms with E-state index in [-0.39, 0.29) is 5.97 Å². The van der Waals surface area contributed by atoms with Gasteiger partial charge in [0.1, 0.15) is 11.3 Å². The van der Waals surface area contributed by atoms with E-state index in [2.05, 4.69) is 11.6 Å². The maximum atomic E-state index is 11.6. The first-order valence-electron chi connectivity index (χ1n) is 9.15. The minimum absolute atomic E-state index is 0.379. The van der Waals surface area contributed by atoms with Crippen molar-refractivity contribution in [3.63, 3.8) is 0 Å². The van der Waals surface area contributed by atoms with Crippen LogP contribution >= 0.6 is 0 Å². The molecule has 0 saturated heterocycles. The first-order valence-corrected chi connectivity index (χ1v) is 9.15. The van der Waals surface area contributed by atoms with Gasteiger partial charge in [0, 0.05) is 30.4 Å². The molecular weight excluding hydrogens is 366 g/mol. The summed E-state index contributed by atoms with van der Waals surface area (Å²) < 4.78 is 10.7. The zero-order valence-corrected chi connectivity index (χ0v) is 16.3. The Morgan fingerprint density at radius 2 is 1.69 bits per heavy atom. The van der Waals surface area contributed by atoms with Crippen LogP contribution in [0.15, 0.2) is 61.2 Å². The summed E-state index contributed by atoms with van der Waals surface area (Å²) in [4.78, 5) is 27.6. The molecule has 0 aliphatic heterocycles. The van der Waals surface area contributed by atoms with Crippen LogP contribution in [0.3, 0.4) is 0 Å². The van der Waals surface area contributed by atoms with E-state index in [4.69, 9.17) is 9.47 Å². The number of pyridine rings is 1. The number of hydrogen-bond acceptors (Lipinski definition) is 5. The number of ether oxygens (including phenoxy) is 2. The highest BCUT2D eigenvalue weighted by molar-refractivity contribution is 5.89. The van der Waals surface area contributed by atoms with Gasteiger partial charge in [-0.1, -0.05) is 42.5 Å². The average molecular weight is 387 g/mol. The van der Waals surface area contributed by atoms with Gasteiger partial charge in [-0.2, -0.15) is 0 Å². The molecule has 0 bridgehead atoms. The van der Waals surface area contributed by atoms with Crippen LogP contribution in [-0.4, -0.2) is 16.9 Å². The van der Waals surface area contributed by atoms with Gasteiger partial charge in [0.25, 0.3) is 0 Å². The SMILES string of the molecule is C=CCc1ccc2ccc(C=Cc3ccccc3OC(C)=O)nc2c1OC(C)=O. The summed E-state index contributed by atoms with van der Waals surface area (Å²) in [5.74, 6) is 0.146. The van der Waals surface area contributed by atoms with Gasteiger partial charge in [0.2, 0.25) is 0 Å². The summed E-state index contributed by atoms with van der Waals surface area (Å²) >= 11 is 0. The molecule has 0 saturated carbocycles. The number of benzene rings is 2. The fraction of sp³-hybridized carbons (Fsp3) is 0.125. The van der Waals surface area contributed by atoms with Gasteiger partial charge in [-0.05, 0) is 30.7 Å². The number of carbonyl (C=O) groups excluding carboxylic acids is 2. The lowest BCUT2D eigenvalue weighted by atomic mass is 10.1. The number of para-hydroxylation sites is 1. The molecule has 1 aromatic heterocycles. The molecule has 5 heteroatoms. The highest BCUT2D eigenvalue weighted by Gasteiger charge is 2.12. The third-order valence-corrected chi connectivity index (χ3v) is 4.14. The van der Waals surface area contributed by atoms with E-state index in [0.29, 0.717) is 29.1 Å². The van der Waals surface area contributed by atoms with Crippen molar-refractivity contribution in [2.45, 2.75) is 20.3 Å². The van der Waals surface area contributed by atoms with Crippen LogP contribution in [0.5, 0.6) is 11.5 Å². The molecule has 146 valence electrons. The molecule has 1 heterocycles. The highest BCUT2D eigenvalue weighted by atomic mass is 16.5. The van der Waals surface area contributed by atoms with Gasteiger partial charge in [0.05, 0.1) is 5.69 Å². The molecule has 29 heavy (non-hydrogen) atoms. The van der Waals surface area contributed by atoms with Crippen molar-refractivity contribution in [1.29, 1.82) is 0 Å². The molecule has 3 rings (SSSR count). The van der Waals surface area contributed by atoms with Crippen LogP contribution in [0.2, 0.25) is 0 Å². The van der Waals surface area contributed by atoms with Gasteiger partial charge in [0.15, 0.2) is 5.75 Å². The van der Waals surface area contributed by atoms with Gasteiger partial charge >= 0.3 is 11.9 Å². The third-order valence-electron chi connectivity index (χ3n) is 4.14. The lowest BCUT2D eigenvalue weighted by Crippen LogP contribution is -2.05. The summed E-state index contributed by atoms with van der Waals surface area (Å²) in [6, 6.07) is 14.9. The first kappa shape index (κ1) is 20.0. The second kappa shape index (κ2) is 8.97. The predicted octanol–water partition coefficient (Wildman–Crippen LogP) is 4.98. The first-order chi connectivity index (χ1) is 14.0. The zero-order chi connectivity index (χ0) is 20.8. The maximum absolute atomic E-state index is 11.6. The molecule has 0 atom stereocenters. The van der Waals surface area contributed by atoms with Crippen molar-refractivity contribution in [1.82, 2.24) is 4.98 Å². The predicted molar refractivity (Wildman–Crippen MR) is 114 cm³/mol. The van der Waals surface area contributed by atoms with E-state index < -0.39 is 5.97 Å². The van der Waals surface area contributed by atoms with Gasteiger partial charge in [-0.15, -0.1) is 6.58 Å². The van der Waals surface area contributed by atoms with Crippen LogP contribution < -0.4 is 9.47 Å². The van der Waals surface area contributed by atoms with E-state index in [1.165, 1.54) is 13.8 Å². The minimum atomic E-state index is -0.402. The number of aromatic nitrogens is 1. The molecule has 0 fully saturated rings. The quantitative estimate of drug-likeness (QED) is 0.339. The highest BCUT2D eigenvalue weighted by Crippen LogP contribution is 2.30. The Hall–Kier alpha value is -3.73. The van der Waals surface area contributed by atoms with Crippen LogP contribution in [0.4, 0.5) is 0 Å². The average Bonchev–Trinajstić information content (AvgIpc) is 2.68. The Kier molecular flexibility index (Phi) is 6.19. The molecule has 5 nitrogen and oxygen atoms in total. The summed E-state index contributed by atoms with van der Waals surface area (Å²) in [5.41, 5.74) is 2.89. The lowest BCUT2D eigenvalue weighted by Gasteiger charge is -2.11. The molecule has 0 spiro atoms. The molecule has 2 aromatic carbocycles. The fourth-order valence-electron chi connectivity index (χ4n) is 2.93. The van der Waals surface area contributed by atoms with E-state index >= 15 is 0 Å². The minimum Gasteiger partial charge on any atom is -0.426 e. The zero-order valence-electron chi connectivity index (χ0n) is 16.3. The fourth-order valence-corrected chi connectivity index (χ4v) is 2.93. The standard InChI is InChI=1S/C24H21NO4/c1-4-7-20-11-10-19-13-15-21(25-23(19)24(20)29-17(3)27)14-12-18-8-5-6-9-22(18)28-16(2)26/h4-6,8-15H,1,7H2,2-3H3. The maximum Gasteiger partial charge on any atom is 0.308 e. The second-order valence-electron chi connectivity index (χ2n) is 6.41. The van der Waals surface area contributed by atoms with Crippen LogP contribution in [0, 0.1) is 0 Å². The molecule has 0 aliphatic carbocycles. The van der Waals surface area contributed by atoms with Crippen molar-refractivity contribution in [2.24, 2.45) is 0 Å². The monoisotopic (exact) mass is 387 g/mol. The summed E-state index contributed by atoms with van der Waals surface area (Å²) in [7, 11) is 0. The molecule has 3 aromatic rings. The Morgan fingerprint density at radius 3 is 2.41 bits per heavy atom. The van der Waals surface area contributed by atoms with Crippen molar-refractivity contribution < 1.29 is 19.1 Å². The Balaban J connectivity index is 2.03.